The maximum Gasteiger partial charge on any atom is 0.338 e. The number of allylic oxidation sites excluding steroid dienone is 1. The molecule has 0 spiro atoms. The number of rotatable bonds is 7. The van der Waals surface area contributed by atoms with E-state index in [1.54, 1.807) is 70.4 Å². The number of carbonyl (C=O) groups is 1. The molecule has 11 heteroatoms. The maximum atomic E-state index is 13.8. The fourth-order valence-corrected chi connectivity index (χ4v) is 5.81. The number of thiazole rings is 1. The minimum atomic E-state index is -0.749. The molecule has 5 rings (SSSR count). The number of nitro benzene ring substituents is 1. The van der Waals surface area contributed by atoms with Crippen LogP contribution in [0.25, 0.3) is 17.4 Å². The second kappa shape index (κ2) is 11.0. The smallest absolute Gasteiger partial charge is 0.338 e. The highest BCUT2D eigenvalue weighted by atomic mass is 32.1. The molecule has 10 nitrogen and oxygen atoms in total. The van der Waals surface area contributed by atoms with Crippen LogP contribution in [-0.2, 0) is 9.53 Å². The molecule has 0 fully saturated rings. The van der Waals surface area contributed by atoms with Crippen LogP contribution in [0.4, 0.5) is 5.69 Å². The lowest BCUT2D eigenvalue weighted by Gasteiger charge is -2.24. The zero-order valence-electron chi connectivity index (χ0n) is 23.1. The Bertz CT molecular complexity index is 1900. The van der Waals surface area contributed by atoms with E-state index in [9.17, 15) is 19.7 Å². The minimum Gasteiger partial charge on any atom is -0.497 e. The molecule has 210 valence electrons. The van der Waals surface area contributed by atoms with Crippen LogP contribution in [0.2, 0.25) is 0 Å². The van der Waals surface area contributed by atoms with Gasteiger partial charge in [0.2, 0.25) is 0 Å². The fraction of sp³-hybridized carbons (Fsp3) is 0.233. The third-order valence-corrected chi connectivity index (χ3v) is 7.95. The number of nitro groups is 1. The summed E-state index contributed by atoms with van der Waals surface area (Å²) in [5.74, 6) is 0.935. The summed E-state index contributed by atoms with van der Waals surface area (Å²) in [5, 5.41) is 11.5. The standard InChI is InChI=1S/C30H27N3O7S/c1-6-39-29(35)26-18(4)31-30-32(27(26)19-7-9-21(38-5)10-8-19)28(34)25(41-30)15-22-11-12-24(40-22)20-13-16(2)17(3)23(14-20)33(36)37/h7-15,27H,6H2,1-5H3/b25-15-. The van der Waals surface area contributed by atoms with Crippen molar-refractivity contribution in [1.29, 1.82) is 0 Å². The SMILES string of the molecule is CCOC(=O)C1=C(C)N=c2s/c(=C\c3ccc(-c4cc(C)c(C)c([N+](=O)[O-])c4)o3)c(=O)n2C1c1ccc(OC)cc1. The van der Waals surface area contributed by atoms with Gasteiger partial charge in [0.25, 0.3) is 11.2 Å². The van der Waals surface area contributed by atoms with Gasteiger partial charge in [-0.05, 0) is 69.2 Å². The van der Waals surface area contributed by atoms with Crippen LogP contribution in [0.3, 0.4) is 0 Å². The normalized spacial score (nSPS) is 15.0. The Labute approximate surface area is 238 Å². The van der Waals surface area contributed by atoms with Gasteiger partial charge >= 0.3 is 5.97 Å². The summed E-state index contributed by atoms with van der Waals surface area (Å²) < 4.78 is 18.5. The van der Waals surface area contributed by atoms with E-state index in [2.05, 4.69) is 4.99 Å². The first-order valence-corrected chi connectivity index (χ1v) is 13.6. The van der Waals surface area contributed by atoms with Crippen molar-refractivity contribution in [2.24, 2.45) is 4.99 Å². The largest absolute Gasteiger partial charge is 0.497 e. The van der Waals surface area contributed by atoms with Crippen molar-refractivity contribution >= 4 is 29.1 Å². The Hall–Kier alpha value is -4.77. The molecule has 3 heterocycles. The summed E-state index contributed by atoms with van der Waals surface area (Å²) in [6.45, 7) is 7.14. The average Bonchev–Trinajstić information content (AvgIpc) is 3.53. The summed E-state index contributed by atoms with van der Waals surface area (Å²) in [6, 6.07) is 13.1. The van der Waals surface area contributed by atoms with E-state index in [1.807, 2.05) is 13.0 Å². The van der Waals surface area contributed by atoms with Gasteiger partial charge < -0.3 is 13.9 Å². The number of hydrogen-bond acceptors (Lipinski definition) is 9. The molecular formula is C30H27N3O7S. The third-order valence-electron chi connectivity index (χ3n) is 6.97. The summed E-state index contributed by atoms with van der Waals surface area (Å²) in [7, 11) is 1.56. The molecule has 41 heavy (non-hydrogen) atoms. The summed E-state index contributed by atoms with van der Waals surface area (Å²) in [5.41, 5.74) is 3.05. The first-order valence-electron chi connectivity index (χ1n) is 12.8. The van der Waals surface area contributed by atoms with Crippen molar-refractivity contribution < 1.29 is 23.6 Å². The number of ether oxygens (including phenoxy) is 2. The highest BCUT2D eigenvalue weighted by molar-refractivity contribution is 7.07. The Balaban J connectivity index is 1.62. The summed E-state index contributed by atoms with van der Waals surface area (Å²) in [6.07, 6.45) is 1.61. The van der Waals surface area contributed by atoms with E-state index in [0.717, 1.165) is 5.56 Å². The van der Waals surface area contributed by atoms with Gasteiger partial charge in [0.1, 0.15) is 17.3 Å². The second-order valence-electron chi connectivity index (χ2n) is 9.47. The number of benzene rings is 2. The third kappa shape index (κ3) is 5.11. The van der Waals surface area contributed by atoms with Crippen LogP contribution in [-0.4, -0.2) is 29.2 Å². The van der Waals surface area contributed by atoms with Crippen LogP contribution in [0.1, 0.15) is 42.3 Å². The number of carbonyl (C=O) groups excluding carboxylic acids is 1. The number of aromatic nitrogens is 1. The highest BCUT2D eigenvalue weighted by Crippen LogP contribution is 2.33. The van der Waals surface area contributed by atoms with Gasteiger partial charge in [-0.25, -0.2) is 9.79 Å². The minimum absolute atomic E-state index is 0.0116. The monoisotopic (exact) mass is 573 g/mol. The van der Waals surface area contributed by atoms with Crippen molar-refractivity contribution in [1.82, 2.24) is 4.57 Å². The molecule has 0 radical (unpaired) electrons. The van der Waals surface area contributed by atoms with E-state index in [-0.39, 0.29) is 23.4 Å². The maximum absolute atomic E-state index is 13.8. The van der Waals surface area contributed by atoms with Crippen molar-refractivity contribution in [3.63, 3.8) is 0 Å². The Morgan fingerprint density at radius 2 is 1.90 bits per heavy atom. The molecule has 1 unspecified atom stereocenters. The van der Waals surface area contributed by atoms with Crippen LogP contribution in [0.15, 0.2) is 74.0 Å². The molecule has 0 aliphatic carbocycles. The van der Waals surface area contributed by atoms with Gasteiger partial charge in [-0.15, -0.1) is 0 Å². The first-order chi connectivity index (χ1) is 19.6. The molecule has 0 saturated heterocycles. The zero-order valence-corrected chi connectivity index (χ0v) is 23.9. The van der Waals surface area contributed by atoms with E-state index in [0.29, 0.717) is 49.0 Å². The molecule has 2 aromatic heterocycles. The van der Waals surface area contributed by atoms with Crippen LogP contribution >= 0.6 is 11.3 Å². The number of furan rings is 1. The van der Waals surface area contributed by atoms with Crippen molar-refractivity contribution in [2.75, 3.05) is 13.7 Å². The van der Waals surface area contributed by atoms with Crippen molar-refractivity contribution in [2.45, 2.75) is 33.7 Å². The number of fused-ring (bicyclic) bond motifs is 1. The number of hydrogen-bond donors (Lipinski definition) is 0. The molecule has 1 atom stereocenters. The lowest BCUT2D eigenvalue weighted by Crippen LogP contribution is -2.39. The molecule has 0 bridgehead atoms. The van der Waals surface area contributed by atoms with Gasteiger partial charge in [-0.1, -0.05) is 23.5 Å². The zero-order chi connectivity index (χ0) is 29.4. The highest BCUT2D eigenvalue weighted by Gasteiger charge is 2.33. The molecule has 2 aromatic carbocycles. The Kier molecular flexibility index (Phi) is 7.46. The first kappa shape index (κ1) is 27.8. The predicted octanol–water partition coefficient (Wildman–Crippen LogP) is 4.59. The van der Waals surface area contributed by atoms with Crippen molar-refractivity contribution in [3.8, 4) is 17.1 Å². The Morgan fingerprint density at radius 1 is 1.17 bits per heavy atom. The van der Waals surface area contributed by atoms with Gasteiger partial charge in [0.15, 0.2) is 4.80 Å². The van der Waals surface area contributed by atoms with E-state index >= 15 is 0 Å². The molecule has 0 N–H and O–H groups in total. The lowest BCUT2D eigenvalue weighted by atomic mass is 9.96. The van der Waals surface area contributed by atoms with E-state index in [4.69, 9.17) is 13.9 Å². The molecule has 0 saturated carbocycles. The van der Waals surface area contributed by atoms with E-state index in [1.165, 1.54) is 22.0 Å². The average molecular weight is 574 g/mol. The fourth-order valence-electron chi connectivity index (χ4n) is 4.78. The quantitative estimate of drug-likeness (QED) is 0.180. The molecule has 1 aliphatic heterocycles. The molecular weight excluding hydrogens is 546 g/mol. The number of methoxy groups -OCH3 is 1. The predicted molar refractivity (Wildman–Crippen MR) is 154 cm³/mol. The van der Waals surface area contributed by atoms with Crippen LogP contribution in [0, 0.1) is 24.0 Å². The van der Waals surface area contributed by atoms with E-state index < -0.39 is 16.9 Å². The van der Waals surface area contributed by atoms with Crippen molar-refractivity contribution in [3.05, 3.63) is 112 Å². The molecule has 1 aliphatic rings. The lowest BCUT2D eigenvalue weighted by molar-refractivity contribution is -0.385. The number of esters is 1. The topological polar surface area (TPSA) is 126 Å². The van der Waals surface area contributed by atoms with Crippen LogP contribution < -0.4 is 19.6 Å². The summed E-state index contributed by atoms with van der Waals surface area (Å²) in [4.78, 5) is 43.0. The van der Waals surface area contributed by atoms with Gasteiger partial charge in [0.05, 0.1) is 40.5 Å². The number of aryl methyl sites for hydroxylation is 1. The molecule has 4 aromatic rings. The second-order valence-corrected chi connectivity index (χ2v) is 10.5. The van der Waals surface area contributed by atoms with Gasteiger partial charge in [-0.3, -0.25) is 19.5 Å². The molecule has 0 amide bonds. The summed E-state index contributed by atoms with van der Waals surface area (Å²) >= 11 is 1.18. The van der Waals surface area contributed by atoms with Gasteiger partial charge in [0, 0.05) is 23.3 Å². The van der Waals surface area contributed by atoms with Crippen LogP contribution in [0.5, 0.6) is 5.75 Å². The number of nitrogens with zero attached hydrogens (tertiary/aromatic N) is 3. The Morgan fingerprint density at radius 3 is 2.56 bits per heavy atom. The van der Waals surface area contributed by atoms with Gasteiger partial charge in [-0.2, -0.15) is 0 Å².